The molecule has 0 aliphatic carbocycles. The Bertz CT molecular complexity index is 744. The van der Waals surface area contributed by atoms with Gasteiger partial charge in [-0.3, -0.25) is 9.69 Å². The number of unbranched alkanes of at least 4 members (excludes halogenated alkanes) is 3. The molecule has 1 fully saturated rings. The van der Waals surface area contributed by atoms with Crippen LogP contribution >= 0.6 is 0 Å². The first kappa shape index (κ1) is 24.8. The van der Waals surface area contributed by atoms with Crippen LogP contribution in [0.4, 0.5) is 0 Å². The fourth-order valence-electron chi connectivity index (χ4n) is 3.47. The lowest BCUT2D eigenvalue weighted by Gasteiger charge is -2.30. The number of morpholine rings is 1. The minimum atomic E-state index is -3.56. The first-order chi connectivity index (χ1) is 14.3. The average Bonchev–Trinajstić information content (AvgIpc) is 2.73. The molecule has 8 heteroatoms. The fourth-order valence-corrected chi connectivity index (χ4v) is 4.72. The zero-order valence-corrected chi connectivity index (χ0v) is 19.4. The lowest BCUT2D eigenvalue weighted by Crippen LogP contribution is -2.43. The monoisotopic (exact) mass is 439 g/mol. The van der Waals surface area contributed by atoms with Crippen LogP contribution < -0.4 is 4.72 Å². The molecule has 1 aromatic rings. The van der Waals surface area contributed by atoms with Crippen molar-refractivity contribution < 1.29 is 17.9 Å². The molecule has 1 aromatic carbocycles. The third-order valence-corrected chi connectivity index (χ3v) is 6.84. The molecule has 1 aliphatic heterocycles. The summed E-state index contributed by atoms with van der Waals surface area (Å²) in [6, 6.07) is 6.07. The second-order valence-electron chi connectivity index (χ2n) is 8.11. The first-order valence-electron chi connectivity index (χ1n) is 11.0. The maximum absolute atomic E-state index is 13.1. The number of nitrogens with zero attached hydrogens (tertiary/aromatic N) is 2. The number of amides is 1. The Hall–Kier alpha value is -1.48. The highest BCUT2D eigenvalue weighted by molar-refractivity contribution is 7.89. The van der Waals surface area contributed by atoms with Gasteiger partial charge in [-0.15, -0.1) is 0 Å². The number of sulfonamides is 1. The second-order valence-corrected chi connectivity index (χ2v) is 9.82. The van der Waals surface area contributed by atoms with Crippen LogP contribution in [0, 0.1) is 0 Å². The normalized spacial score (nSPS) is 15.5. The molecule has 0 spiro atoms. The van der Waals surface area contributed by atoms with Crippen molar-refractivity contribution in [3.05, 3.63) is 29.8 Å². The van der Waals surface area contributed by atoms with Crippen molar-refractivity contribution >= 4 is 15.9 Å². The van der Waals surface area contributed by atoms with E-state index in [1.807, 2.05) is 4.90 Å². The van der Waals surface area contributed by atoms with Gasteiger partial charge in [0.2, 0.25) is 10.0 Å². The Morgan fingerprint density at radius 2 is 1.77 bits per heavy atom. The van der Waals surface area contributed by atoms with E-state index in [4.69, 9.17) is 4.74 Å². The van der Waals surface area contributed by atoms with Gasteiger partial charge in [0, 0.05) is 44.3 Å². The Labute approximate surface area is 181 Å². The van der Waals surface area contributed by atoms with E-state index >= 15 is 0 Å². The zero-order valence-electron chi connectivity index (χ0n) is 18.6. The zero-order chi connectivity index (χ0) is 22.0. The third-order valence-electron chi connectivity index (χ3n) is 5.16. The molecule has 0 unspecified atom stereocenters. The number of ether oxygens (including phenoxy) is 1. The number of nitrogens with one attached hydrogen (secondary N) is 1. The standard InChI is InChI=1S/C22H37N3O4S/c1-4-5-6-7-12-25(14-13-24-15-17-29-18-16-24)22(26)20-8-10-21(11-9-20)30(27,28)23-19(2)3/h8-11,19,23H,4-7,12-18H2,1-3H3. The quantitative estimate of drug-likeness (QED) is 0.507. The van der Waals surface area contributed by atoms with Crippen LogP contribution in [0.25, 0.3) is 0 Å². The van der Waals surface area contributed by atoms with E-state index in [1.54, 1.807) is 26.0 Å². The summed E-state index contributed by atoms with van der Waals surface area (Å²) in [7, 11) is -3.56. The topological polar surface area (TPSA) is 79.0 Å². The summed E-state index contributed by atoms with van der Waals surface area (Å²) in [5.74, 6) is -0.0412. The van der Waals surface area contributed by atoms with Gasteiger partial charge in [0.05, 0.1) is 18.1 Å². The number of hydrogen-bond acceptors (Lipinski definition) is 5. The summed E-state index contributed by atoms with van der Waals surface area (Å²) < 4.78 is 32.6. The fraction of sp³-hybridized carbons (Fsp3) is 0.682. The summed E-state index contributed by atoms with van der Waals surface area (Å²) in [5.41, 5.74) is 0.524. The Morgan fingerprint density at radius 3 is 2.37 bits per heavy atom. The third kappa shape index (κ3) is 7.98. The van der Waals surface area contributed by atoms with Gasteiger partial charge in [0.1, 0.15) is 0 Å². The van der Waals surface area contributed by atoms with Crippen LogP contribution in [-0.4, -0.2) is 76.1 Å². The van der Waals surface area contributed by atoms with Crippen LogP contribution in [-0.2, 0) is 14.8 Å². The predicted molar refractivity (Wildman–Crippen MR) is 119 cm³/mol. The molecule has 2 rings (SSSR count). The Kier molecular flexibility index (Phi) is 10.2. The SMILES string of the molecule is CCCCCCN(CCN1CCOCC1)C(=O)c1ccc(S(=O)(=O)NC(C)C)cc1. The Balaban J connectivity index is 2.05. The number of carbonyl (C=O) groups is 1. The van der Waals surface area contributed by atoms with Crippen LogP contribution in [0.15, 0.2) is 29.2 Å². The van der Waals surface area contributed by atoms with Gasteiger partial charge < -0.3 is 9.64 Å². The molecule has 7 nitrogen and oxygen atoms in total. The highest BCUT2D eigenvalue weighted by Gasteiger charge is 2.20. The molecule has 0 aromatic heterocycles. The van der Waals surface area contributed by atoms with Crippen LogP contribution in [0.5, 0.6) is 0 Å². The van der Waals surface area contributed by atoms with Crippen molar-refractivity contribution in [2.45, 2.75) is 57.4 Å². The highest BCUT2D eigenvalue weighted by Crippen LogP contribution is 2.14. The number of benzene rings is 1. The maximum atomic E-state index is 13.1. The lowest BCUT2D eigenvalue weighted by molar-refractivity contribution is 0.0324. The largest absolute Gasteiger partial charge is 0.379 e. The van der Waals surface area contributed by atoms with Crippen molar-refractivity contribution in [2.75, 3.05) is 45.9 Å². The van der Waals surface area contributed by atoms with Crippen LogP contribution in [0.1, 0.15) is 56.8 Å². The molecule has 0 radical (unpaired) electrons. The molecule has 170 valence electrons. The summed E-state index contributed by atoms with van der Waals surface area (Å²) in [4.78, 5) is 17.5. The van der Waals surface area contributed by atoms with E-state index in [-0.39, 0.29) is 16.8 Å². The number of carbonyl (C=O) groups excluding carboxylic acids is 1. The number of hydrogen-bond donors (Lipinski definition) is 1. The van der Waals surface area contributed by atoms with Gasteiger partial charge in [0.25, 0.3) is 5.91 Å². The molecule has 30 heavy (non-hydrogen) atoms. The first-order valence-corrected chi connectivity index (χ1v) is 12.5. The van der Waals surface area contributed by atoms with Crippen LogP contribution in [0.3, 0.4) is 0 Å². The molecule has 1 aliphatic rings. The minimum Gasteiger partial charge on any atom is -0.379 e. The summed E-state index contributed by atoms with van der Waals surface area (Å²) in [6.45, 7) is 11.2. The number of rotatable bonds is 12. The molecule has 0 bridgehead atoms. The van der Waals surface area contributed by atoms with Crippen molar-refractivity contribution in [3.8, 4) is 0 Å². The predicted octanol–water partition coefficient (Wildman–Crippen LogP) is 2.73. The van der Waals surface area contributed by atoms with E-state index in [9.17, 15) is 13.2 Å². The molecular weight excluding hydrogens is 402 g/mol. The van der Waals surface area contributed by atoms with Gasteiger partial charge in [-0.1, -0.05) is 26.2 Å². The average molecular weight is 440 g/mol. The summed E-state index contributed by atoms with van der Waals surface area (Å²) in [5, 5.41) is 0. The molecule has 0 saturated carbocycles. The van der Waals surface area contributed by atoms with E-state index < -0.39 is 10.0 Å². The highest BCUT2D eigenvalue weighted by atomic mass is 32.2. The molecule has 1 amide bonds. The molecule has 1 N–H and O–H groups in total. The van der Waals surface area contributed by atoms with E-state index in [0.717, 1.165) is 58.7 Å². The van der Waals surface area contributed by atoms with Gasteiger partial charge in [-0.2, -0.15) is 0 Å². The molecular formula is C22H37N3O4S. The van der Waals surface area contributed by atoms with E-state index in [1.165, 1.54) is 18.6 Å². The van der Waals surface area contributed by atoms with Gasteiger partial charge in [-0.25, -0.2) is 13.1 Å². The lowest BCUT2D eigenvalue weighted by atomic mass is 10.1. The van der Waals surface area contributed by atoms with Crippen LogP contribution in [0.2, 0.25) is 0 Å². The Morgan fingerprint density at radius 1 is 1.10 bits per heavy atom. The molecule has 1 heterocycles. The second kappa shape index (κ2) is 12.4. The van der Waals surface area contributed by atoms with Gasteiger partial charge in [0.15, 0.2) is 0 Å². The molecule has 1 saturated heterocycles. The van der Waals surface area contributed by atoms with E-state index in [2.05, 4.69) is 16.5 Å². The van der Waals surface area contributed by atoms with Crippen molar-refractivity contribution in [1.29, 1.82) is 0 Å². The maximum Gasteiger partial charge on any atom is 0.253 e. The smallest absolute Gasteiger partial charge is 0.253 e. The summed E-state index contributed by atoms with van der Waals surface area (Å²) >= 11 is 0. The van der Waals surface area contributed by atoms with Crippen molar-refractivity contribution in [1.82, 2.24) is 14.5 Å². The van der Waals surface area contributed by atoms with Gasteiger partial charge >= 0.3 is 0 Å². The van der Waals surface area contributed by atoms with Gasteiger partial charge in [-0.05, 0) is 44.5 Å². The molecule has 0 atom stereocenters. The minimum absolute atomic E-state index is 0.0412. The summed E-state index contributed by atoms with van der Waals surface area (Å²) in [6.07, 6.45) is 4.41. The van der Waals surface area contributed by atoms with E-state index in [0.29, 0.717) is 12.1 Å². The van der Waals surface area contributed by atoms with Crippen molar-refractivity contribution in [3.63, 3.8) is 0 Å². The van der Waals surface area contributed by atoms with Crippen molar-refractivity contribution in [2.24, 2.45) is 0 Å².